The fraction of sp³-hybridized carbons (Fsp3) is 0.348. The van der Waals surface area contributed by atoms with E-state index in [1.165, 1.54) is 6.33 Å². The molecule has 31 heavy (non-hydrogen) atoms. The third-order valence-electron chi connectivity index (χ3n) is 5.35. The zero-order valence-electron chi connectivity index (χ0n) is 18.1. The maximum Gasteiger partial charge on any atom is 0.227 e. The maximum atomic E-state index is 12.7. The Morgan fingerprint density at radius 3 is 2.19 bits per heavy atom. The molecule has 160 valence electrons. The van der Waals surface area contributed by atoms with Gasteiger partial charge in [0.2, 0.25) is 11.9 Å². The molecule has 3 heterocycles. The Bertz CT molecular complexity index is 1040. The van der Waals surface area contributed by atoms with Gasteiger partial charge in [0.15, 0.2) is 0 Å². The zero-order chi connectivity index (χ0) is 21.8. The minimum Gasteiger partial charge on any atom is -0.341 e. The summed E-state index contributed by atoms with van der Waals surface area (Å²) in [6, 6.07) is 11.5. The molecule has 0 bridgehead atoms. The van der Waals surface area contributed by atoms with Crippen molar-refractivity contribution in [2.75, 3.05) is 28.6 Å². The van der Waals surface area contributed by atoms with Gasteiger partial charge in [-0.05, 0) is 63.9 Å². The van der Waals surface area contributed by atoms with Gasteiger partial charge in [0.05, 0.1) is 0 Å². The van der Waals surface area contributed by atoms with Crippen LogP contribution in [0.2, 0.25) is 0 Å². The average molecular weight is 418 g/mol. The zero-order valence-corrected chi connectivity index (χ0v) is 18.1. The smallest absolute Gasteiger partial charge is 0.227 e. The highest BCUT2D eigenvalue weighted by atomic mass is 16.1. The van der Waals surface area contributed by atoms with E-state index in [9.17, 15) is 4.79 Å². The molecule has 1 fully saturated rings. The van der Waals surface area contributed by atoms with Crippen LogP contribution in [0.4, 0.5) is 23.1 Å². The number of benzene rings is 1. The lowest BCUT2D eigenvalue weighted by Gasteiger charge is -2.31. The van der Waals surface area contributed by atoms with E-state index in [1.807, 2.05) is 57.2 Å². The molecular weight excluding hydrogens is 390 g/mol. The number of nitrogens with zero attached hydrogens (tertiary/aromatic N) is 5. The van der Waals surface area contributed by atoms with Gasteiger partial charge in [0, 0.05) is 53.5 Å². The number of aromatic nitrogens is 4. The number of aryl methyl sites for hydroxylation is 3. The summed E-state index contributed by atoms with van der Waals surface area (Å²) < 4.78 is 0. The lowest BCUT2D eigenvalue weighted by atomic mass is 9.96. The van der Waals surface area contributed by atoms with E-state index in [-0.39, 0.29) is 11.8 Å². The van der Waals surface area contributed by atoms with Crippen LogP contribution in [-0.4, -0.2) is 38.9 Å². The van der Waals surface area contributed by atoms with E-state index >= 15 is 0 Å². The molecular formula is C23H27N7O. The lowest BCUT2D eigenvalue weighted by Crippen LogP contribution is -2.39. The summed E-state index contributed by atoms with van der Waals surface area (Å²) in [5.74, 6) is 1.55. The first kappa shape index (κ1) is 20.7. The number of rotatable bonds is 5. The number of carbonyl (C=O) groups excluding carboxylic acids is 1. The summed E-state index contributed by atoms with van der Waals surface area (Å²) in [5, 5.41) is 6.28. The summed E-state index contributed by atoms with van der Waals surface area (Å²) in [5.41, 5.74) is 4.52. The minimum atomic E-state index is -0.0102. The molecule has 8 heteroatoms. The van der Waals surface area contributed by atoms with Gasteiger partial charge in [-0.2, -0.15) is 0 Å². The van der Waals surface area contributed by atoms with Gasteiger partial charge in [0.25, 0.3) is 0 Å². The van der Waals surface area contributed by atoms with Crippen LogP contribution in [0.3, 0.4) is 0 Å². The largest absolute Gasteiger partial charge is 0.341 e. The van der Waals surface area contributed by atoms with Crippen LogP contribution in [0.25, 0.3) is 0 Å². The van der Waals surface area contributed by atoms with Crippen LogP contribution in [0.15, 0.2) is 42.7 Å². The number of anilines is 4. The highest BCUT2D eigenvalue weighted by Crippen LogP contribution is 2.24. The molecule has 0 spiro atoms. The molecule has 1 aliphatic heterocycles. The Morgan fingerprint density at radius 1 is 0.903 bits per heavy atom. The van der Waals surface area contributed by atoms with Crippen molar-refractivity contribution >= 4 is 29.0 Å². The van der Waals surface area contributed by atoms with Crippen molar-refractivity contribution in [1.29, 1.82) is 0 Å². The molecule has 0 unspecified atom stereocenters. The standard InChI is InChI=1S/C23H27N7O/c1-15-13-21(25-14-24-15)28-19-4-6-20(7-5-19)29-22(31)18-8-10-30(11-9-18)23-26-16(2)12-17(3)27-23/h4-7,12-14,18H,8-11H2,1-3H3,(H,29,31)(H,24,25,28). The Balaban J connectivity index is 1.30. The van der Waals surface area contributed by atoms with Gasteiger partial charge in [0.1, 0.15) is 12.1 Å². The average Bonchev–Trinajstić information content (AvgIpc) is 2.74. The molecule has 0 radical (unpaired) electrons. The van der Waals surface area contributed by atoms with Crippen molar-refractivity contribution in [2.45, 2.75) is 33.6 Å². The number of amides is 1. The summed E-state index contributed by atoms with van der Waals surface area (Å²) in [6.45, 7) is 7.44. The summed E-state index contributed by atoms with van der Waals surface area (Å²) >= 11 is 0. The summed E-state index contributed by atoms with van der Waals surface area (Å²) in [7, 11) is 0. The first-order chi connectivity index (χ1) is 15.0. The molecule has 0 atom stereocenters. The van der Waals surface area contributed by atoms with Gasteiger partial charge in [-0.3, -0.25) is 4.79 Å². The maximum absolute atomic E-state index is 12.7. The van der Waals surface area contributed by atoms with E-state index in [0.29, 0.717) is 0 Å². The van der Waals surface area contributed by atoms with Crippen LogP contribution in [0, 0.1) is 26.7 Å². The highest BCUT2D eigenvalue weighted by molar-refractivity contribution is 5.92. The molecule has 2 aromatic heterocycles. The number of carbonyl (C=O) groups is 1. The van der Waals surface area contributed by atoms with Gasteiger partial charge in [-0.15, -0.1) is 0 Å². The van der Waals surface area contributed by atoms with Crippen LogP contribution in [0.1, 0.15) is 29.9 Å². The second-order valence-electron chi connectivity index (χ2n) is 7.95. The molecule has 2 N–H and O–H groups in total. The Hall–Kier alpha value is -3.55. The van der Waals surface area contributed by atoms with E-state index in [0.717, 1.165) is 66.2 Å². The van der Waals surface area contributed by atoms with Gasteiger partial charge < -0.3 is 15.5 Å². The quantitative estimate of drug-likeness (QED) is 0.652. The second-order valence-corrected chi connectivity index (χ2v) is 7.95. The Labute approximate surface area is 182 Å². The van der Waals surface area contributed by atoms with Crippen LogP contribution in [-0.2, 0) is 4.79 Å². The predicted octanol–water partition coefficient (Wildman–Crippen LogP) is 3.79. The van der Waals surface area contributed by atoms with Crippen molar-refractivity contribution in [3.63, 3.8) is 0 Å². The van der Waals surface area contributed by atoms with E-state index in [4.69, 9.17) is 0 Å². The van der Waals surface area contributed by atoms with Gasteiger partial charge in [-0.25, -0.2) is 19.9 Å². The van der Waals surface area contributed by atoms with Crippen LogP contribution < -0.4 is 15.5 Å². The topological polar surface area (TPSA) is 95.9 Å². The lowest BCUT2D eigenvalue weighted by molar-refractivity contribution is -0.120. The normalized spacial score (nSPS) is 14.4. The Kier molecular flexibility index (Phi) is 6.06. The number of hydrogen-bond donors (Lipinski definition) is 2. The SMILES string of the molecule is Cc1cc(Nc2ccc(NC(=O)C3CCN(c4nc(C)cc(C)n4)CC3)cc2)ncn1. The molecule has 3 aromatic rings. The highest BCUT2D eigenvalue weighted by Gasteiger charge is 2.26. The fourth-order valence-electron chi connectivity index (χ4n) is 3.74. The number of nitrogens with one attached hydrogen (secondary N) is 2. The summed E-state index contributed by atoms with van der Waals surface area (Å²) in [4.78, 5) is 32.3. The first-order valence-electron chi connectivity index (χ1n) is 10.5. The monoisotopic (exact) mass is 417 g/mol. The molecule has 1 amide bonds. The minimum absolute atomic E-state index is 0.0102. The van der Waals surface area contributed by atoms with Crippen molar-refractivity contribution in [3.05, 3.63) is 59.8 Å². The van der Waals surface area contributed by atoms with Crippen molar-refractivity contribution in [1.82, 2.24) is 19.9 Å². The molecule has 4 rings (SSSR count). The second kappa shape index (κ2) is 9.07. The summed E-state index contributed by atoms with van der Waals surface area (Å²) in [6.07, 6.45) is 3.10. The molecule has 1 aliphatic rings. The fourth-order valence-corrected chi connectivity index (χ4v) is 3.74. The molecule has 0 aliphatic carbocycles. The van der Waals surface area contributed by atoms with E-state index < -0.39 is 0 Å². The molecule has 1 saturated heterocycles. The van der Waals surface area contributed by atoms with E-state index in [2.05, 4.69) is 35.5 Å². The third-order valence-corrected chi connectivity index (χ3v) is 5.35. The first-order valence-corrected chi connectivity index (χ1v) is 10.5. The van der Waals surface area contributed by atoms with E-state index in [1.54, 1.807) is 0 Å². The van der Waals surface area contributed by atoms with Gasteiger partial charge in [-0.1, -0.05) is 0 Å². The van der Waals surface area contributed by atoms with Crippen molar-refractivity contribution < 1.29 is 4.79 Å². The molecule has 8 nitrogen and oxygen atoms in total. The number of hydrogen-bond acceptors (Lipinski definition) is 7. The van der Waals surface area contributed by atoms with Crippen LogP contribution in [0.5, 0.6) is 0 Å². The van der Waals surface area contributed by atoms with Crippen molar-refractivity contribution in [2.24, 2.45) is 5.92 Å². The van der Waals surface area contributed by atoms with Crippen LogP contribution >= 0.6 is 0 Å². The predicted molar refractivity (Wildman–Crippen MR) is 122 cm³/mol. The van der Waals surface area contributed by atoms with Crippen molar-refractivity contribution in [3.8, 4) is 0 Å². The Morgan fingerprint density at radius 2 is 1.55 bits per heavy atom. The number of piperidine rings is 1. The molecule has 1 aromatic carbocycles. The third kappa shape index (κ3) is 5.33. The van der Waals surface area contributed by atoms with Gasteiger partial charge >= 0.3 is 0 Å². The molecule has 0 saturated carbocycles.